The van der Waals surface area contributed by atoms with Gasteiger partial charge >= 0.3 is 5.97 Å². The van der Waals surface area contributed by atoms with Crippen LogP contribution in [0.5, 0.6) is 0 Å². The van der Waals surface area contributed by atoms with E-state index in [-0.39, 0.29) is 11.3 Å². The molecule has 2 aliphatic heterocycles. The number of anilines is 1. The number of nitrogens with zero attached hydrogens (tertiary/aromatic N) is 2. The first-order chi connectivity index (χ1) is 11.4. The van der Waals surface area contributed by atoms with Gasteiger partial charge in [0.25, 0.3) is 5.91 Å². The van der Waals surface area contributed by atoms with Crippen LogP contribution in [0.2, 0.25) is 0 Å². The van der Waals surface area contributed by atoms with E-state index in [1.54, 1.807) is 0 Å². The number of aryl methyl sites for hydroxylation is 1. The van der Waals surface area contributed by atoms with Crippen LogP contribution in [-0.2, 0) is 4.79 Å². The molecule has 1 atom stereocenters. The minimum Gasteiger partial charge on any atom is -0.480 e. The zero-order valence-corrected chi connectivity index (χ0v) is 14.9. The van der Waals surface area contributed by atoms with Gasteiger partial charge in [-0.1, -0.05) is 11.3 Å². The minimum atomic E-state index is -0.776. The highest BCUT2D eigenvalue weighted by atomic mass is 32.1. The average molecular weight is 352 g/mol. The van der Waals surface area contributed by atoms with E-state index in [4.69, 9.17) is 5.11 Å². The third-order valence-electron chi connectivity index (χ3n) is 5.09. The molecule has 8 heteroatoms. The Hall–Kier alpha value is -1.67. The smallest absolute Gasteiger partial charge is 0.320 e. The van der Waals surface area contributed by atoms with E-state index in [2.05, 4.69) is 15.6 Å². The number of carbonyl (C=O) groups is 2. The van der Waals surface area contributed by atoms with Crippen LogP contribution in [0.1, 0.15) is 41.6 Å². The first-order valence-corrected chi connectivity index (χ1v) is 9.22. The lowest BCUT2D eigenvalue weighted by molar-refractivity contribution is -0.139. The standard InChI is InChI=1S/C16H24N4O3S/c1-3-17-15-19-10(2)12(24-15)13(21)20-6-4-16(5-7-20)8-11(14(22)23)18-9-16/h11,18H,3-9H2,1-2H3,(H,17,19)(H,22,23). The summed E-state index contributed by atoms with van der Waals surface area (Å²) in [5.74, 6) is -0.730. The van der Waals surface area contributed by atoms with Gasteiger partial charge in [-0.3, -0.25) is 9.59 Å². The topological polar surface area (TPSA) is 94.6 Å². The first kappa shape index (κ1) is 17.2. The molecular formula is C16H24N4O3S. The average Bonchev–Trinajstić information content (AvgIpc) is 3.12. The molecule has 3 heterocycles. The van der Waals surface area contributed by atoms with Crippen LogP contribution >= 0.6 is 11.3 Å². The van der Waals surface area contributed by atoms with Crippen molar-refractivity contribution in [2.75, 3.05) is 31.5 Å². The molecule has 2 saturated heterocycles. The third-order valence-corrected chi connectivity index (χ3v) is 6.19. The maximum atomic E-state index is 12.8. The Morgan fingerprint density at radius 1 is 1.46 bits per heavy atom. The molecule has 3 N–H and O–H groups in total. The number of thiazole rings is 1. The lowest BCUT2D eigenvalue weighted by Crippen LogP contribution is -2.44. The van der Waals surface area contributed by atoms with Crippen LogP contribution in [-0.4, -0.2) is 59.1 Å². The number of aromatic nitrogens is 1. The molecule has 0 aromatic carbocycles. The fraction of sp³-hybridized carbons (Fsp3) is 0.688. The lowest BCUT2D eigenvalue weighted by atomic mass is 9.76. The number of carbonyl (C=O) groups excluding carboxylic acids is 1. The molecule has 3 rings (SSSR count). The summed E-state index contributed by atoms with van der Waals surface area (Å²) in [7, 11) is 0. The van der Waals surface area contributed by atoms with Gasteiger partial charge in [-0.05, 0) is 38.5 Å². The summed E-state index contributed by atoms with van der Waals surface area (Å²) < 4.78 is 0. The molecule has 1 aromatic rings. The monoisotopic (exact) mass is 352 g/mol. The van der Waals surface area contributed by atoms with Crippen molar-refractivity contribution >= 4 is 28.3 Å². The van der Waals surface area contributed by atoms with Crippen molar-refractivity contribution in [2.24, 2.45) is 5.41 Å². The number of aliphatic carboxylic acids is 1. The molecule has 24 heavy (non-hydrogen) atoms. The molecule has 1 unspecified atom stereocenters. The number of carboxylic acids is 1. The normalized spacial score (nSPS) is 22.8. The van der Waals surface area contributed by atoms with Crippen molar-refractivity contribution in [3.63, 3.8) is 0 Å². The highest BCUT2D eigenvalue weighted by Gasteiger charge is 2.44. The molecule has 7 nitrogen and oxygen atoms in total. The minimum absolute atomic E-state index is 0.0253. The van der Waals surface area contributed by atoms with E-state index in [0.717, 1.165) is 36.8 Å². The van der Waals surface area contributed by atoms with Gasteiger partial charge in [0.15, 0.2) is 5.13 Å². The number of hydrogen-bond acceptors (Lipinski definition) is 6. The van der Waals surface area contributed by atoms with Gasteiger partial charge in [-0.2, -0.15) is 0 Å². The van der Waals surface area contributed by atoms with E-state index in [0.29, 0.717) is 24.4 Å². The predicted molar refractivity (Wildman–Crippen MR) is 92.6 cm³/mol. The lowest BCUT2D eigenvalue weighted by Gasteiger charge is -2.38. The Bertz CT molecular complexity index is 637. The van der Waals surface area contributed by atoms with Crippen LogP contribution in [0.4, 0.5) is 5.13 Å². The number of rotatable bonds is 4. The summed E-state index contributed by atoms with van der Waals surface area (Å²) in [6.45, 7) is 6.75. The second kappa shape index (κ2) is 6.68. The van der Waals surface area contributed by atoms with Crippen LogP contribution < -0.4 is 10.6 Å². The van der Waals surface area contributed by atoms with Crippen molar-refractivity contribution in [3.05, 3.63) is 10.6 Å². The second-order valence-corrected chi connectivity index (χ2v) is 7.73. The zero-order chi connectivity index (χ0) is 17.3. The summed E-state index contributed by atoms with van der Waals surface area (Å²) >= 11 is 1.41. The third kappa shape index (κ3) is 3.25. The van der Waals surface area contributed by atoms with E-state index in [9.17, 15) is 9.59 Å². The maximum Gasteiger partial charge on any atom is 0.320 e. The van der Waals surface area contributed by atoms with Gasteiger partial charge in [0.05, 0.1) is 5.69 Å². The van der Waals surface area contributed by atoms with Gasteiger partial charge < -0.3 is 20.6 Å². The van der Waals surface area contributed by atoms with Crippen molar-refractivity contribution in [2.45, 2.75) is 39.2 Å². The summed E-state index contributed by atoms with van der Waals surface area (Å²) in [6.07, 6.45) is 2.37. The molecule has 1 aromatic heterocycles. The van der Waals surface area contributed by atoms with Crippen LogP contribution in [0.25, 0.3) is 0 Å². The molecule has 2 aliphatic rings. The molecule has 2 fully saturated rings. The number of hydrogen-bond donors (Lipinski definition) is 3. The summed E-state index contributed by atoms with van der Waals surface area (Å²) in [5, 5.41) is 16.2. The summed E-state index contributed by atoms with van der Waals surface area (Å²) in [4.78, 5) is 30.9. The highest BCUT2D eigenvalue weighted by molar-refractivity contribution is 7.17. The first-order valence-electron chi connectivity index (χ1n) is 8.41. The predicted octanol–water partition coefficient (Wildman–Crippen LogP) is 1.55. The van der Waals surface area contributed by atoms with Crippen molar-refractivity contribution in [1.29, 1.82) is 0 Å². The van der Waals surface area contributed by atoms with Crippen LogP contribution in [0.15, 0.2) is 0 Å². The van der Waals surface area contributed by atoms with E-state index in [1.807, 2.05) is 18.7 Å². The Balaban J connectivity index is 1.62. The van der Waals surface area contributed by atoms with Crippen molar-refractivity contribution in [3.8, 4) is 0 Å². The molecule has 1 spiro atoms. The highest BCUT2D eigenvalue weighted by Crippen LogP contribution is 2.40. The van der Waals surface area contributed by atoms with Crippen LogP contribution in [0, 0.1) is 12.3 Å². The van der Waals surface area contributed by atoms with Gasteiger partial charge in [0, 0.05) is 26.2 Å². The fourth-order valence-corrected chi connectivity index (χ4v) is 4.62. The molecule has 0 aliphatic carbocycles. The molecular weight excluding hydrogens is 328 g/mol. The van der Waals surface area contributed by atoms with Gasteiger partial charge in [-0.25, -0.2) is 4.98 Å². The molecule has 0 radical (unpaired) electrons. The molecule has 132 valence electrons. The quantitative estimate of drug-likeness (QED) is 0.761. The van der Waals surface area contributed by atoms with E-state index >= 15 is 0 Å². The van der Waals surface area contributed by atoms with Gasteiger partial charge in [-0.15, -0.1) is 0 Å². The van der Waals surface area contributed by atoms with E-state index in [1.165, 1.54) is 11.3 Å². The number of amides is 1. The number of piperidine rings is 1. The summed E-state index contributed by atoms with van der Waals surface area (Å²) in [6, 6.07) is -0.446. The molecule has 0 bridgehead atoms. The van der Waals surface area contributed by atoms with Crippen molar-refractivity contribution < 1.29 is 14.7 Å². The van der Waals surface area contributed by atoms with Crippen molar-refractivity contribution in [1.82, 2.24) is 15.2 Å². The van der Waals surface area contributed by atoms with Gasteiger partial charge in [0.1, 0.15) is 10.9 Å². The molecule has 0 saturated carbocycles. The number of nitrogens with one attached hydrogen (secondary N) is 2. The number of carboxylic acid groups (broad SMARTS) is 1. The Kier molecular flexibility index (Phi) is 4.78. The second-order valence-electron chi connectivity index (χ2n) is 6.73. The van der Waals surface area contributed by atoms with Crippen LogP contribution in [0.3, 0.4) is 0 Å². The summed E-state index contributed by atoms with van der Waals surface area (Å²) in [5.41, 5.74) is 0.798. The SMILES string of the molecule is CCNc1nc(C)c(C(=O)N2CCC3(CC2)CNC(C(=O)O)C3)s1. The fourth-order valence-electron chi connectivity index (χ4n) is 3.62. The number of likely N-dealkylation sites (tertiary alicyclic amines) is 1. The maximum absolute atomic E-state index is 12.8. The van der Waals surface area contributed by atoms with E-state index < -0.39 is 12.0 Å². The zero-order valence-electron chi connectivity index (χ0n) is 14.1. The Morgan fingerprint density at radius 3 is 2.75 bits per heavy atom. The molecule has 1 amide bonds. The Labute approximate surface area is 145 Å². The Morgan fingerprint density at radius 2 is 2.17 bits per heavy atom. The van der Waals surface area contributed by atoms with Gasteiger partial charge in [0.2, 0.25) is 0 Å². The largest absolute Gasteiger partial charge is 0.480 e.